The Balaban J connectivity index is 4.02. The predicted octanol–water partition coefficient (Wildman–Crippen LogP) is -0.131. The number of aliphatic hydroxyl groups is 1. The standard InChI is InChI=1S/C7H14FNO2/c1-4(2)6(10)7(11)5(8)3-9/h4-5,7,11H,3,9H2,1-2H3. The second-order valence-electron chi connectivity index (χ2n) is 2.75. The third-order valence-corrected chi connectivity index (χ3v) is 1.43. The van der Waals surface area contributed by atoms with Gasteiger partial charge in [0.05, 0.1) is 0 Å². The van der Waals surface area contributed by atoms with Crippen LogP contribution in [0.3, 0.4) is 0 Å². The Morgan fingerprint density at radius 2 is 2.09 bits per heavy atom. The van der Waals surface area contributed by atoms with Crippen LogP contribution in [0.4, 0.5) is 4.39 Å². The first-order valence-corrected chi connectivity index (χ1v) is 3.56. The van der Waals surface area contributed by atoms with Crippen molar-refractivity contribution in [2.75, 3.05) is 6.54 Å². The number of rotatable bonds is 4. The lowest BCUT2D eigenvalue weighted by atomic mass is 10.0. The largest absolute Gasteiger partial charge is 0.382 e. The number of hydrogen-bond donors (Lipinski definition) is 2. The smallest absolute Gasteiger partial charge is 0.166 e. The predicted molar refractivity (Wildman–Crippen MR) is 39.8 cm³/mol. The van der Waals surface area contributed by atoms with E-state index >= 15 is 0 Å². The first kappa shape index (κ1) is 10.5. The van der Waals surface area contributed by atoms with E-state index in [1.165, 1.54) is 0 Å². The summed E-state index contributed by atoms with van der Waals surface area (Å²) in [5, 5.41) is 8.95. The van der Waals surface area contributed by atoms with Gasteiger partial charge in [-0.1, -0.05) is 13.8 Å². The number of carbonyl (C=O) groups excluding carboxylic acids is 1. The third-order valence-electron chi connectivity index (χ3n) is 1.43. The number of Topliss-reactive ketones (excluding diaryl/α,β-unsaturated/α-hetero) is 1. The Morgan fingerprint density at radius 3 is 2.36 bits per heavy atom. The lowest BCUT2D eigenvalue weighted by Gasteiger charge is -2.14. The van der Waals surface area contributed by atoms with Crippen molar-refractivity contribution >= 4 is 5.78 Å². The van der Waals surface area contributed by atoms with Crippen LogP contribution in [0.25, 0.3) is 0 Å². The molecule has 0 aliphatic rings. The van der Waals surface area contributed by atoms with E-state index in [0.29, 0.717) is 0 Å². The summed E-state index contributed by atoms with van der Waals surface area (Å²) in [7, 11) is 0. The Labute approximate surface area is 65.4 Å². The SMILES string of the molecule is CC(C)C(=O)C(O)C(F)CN. The molecule has 0 fully saturated rings. The highest BCUT2D eigenvalue weighted by Crippen LogP contribution is 2.05. The minimum absolute atomic E-state index is 0.320. The molecule has 2 unspecified atom stereocenters. The highest BCUT2D eigenvalue weighted by atomic mass is 19.1. The second kappa shape index (κ2) is 4.41. The molecule has 0 aliphatic heterocycles. The Hall–Kier alpha value is -0.480. The van der Waals surface area contributed by atoms with Crippen LogP contribution in [0.1, 0.15) is 13.8 Å². The summed E-state index contributed by atoms with van der Waals surface area (Å²) in [6.07, 6.45) is -3.19. The molecule has 0 heterocycles. The summed E-state index contributed by atoms with van der Waals surface area (Å²) in [6.45, 7) is 2.89. The van der Waals surface area contributed by atoms with Gasteiger partial charge in [-0.3, -0.25) is 4.79 Å². The highest BCUT2D eigenvalue weighted by Gasteiger charge is 2.26. The first-order valence-electron chi connectivity index (χ1n) is 3.56. The van der Waals surface area contributed by atoms with E-state index in [0.717, 1.165) is 0 Å². The molecule has 0 radical (unpaired) electrons. The van der Waals surface area contributed by atoms with Crippen LogP contribution in [0, 0.1) is 5.92 Å². The lowest BCUT2D eigenvalue weighted by Crippen LogP contribution is -2.38. The maximum atomic E-state index is 12.5. The van der Waals surface area contributed by atoms with E-state index in [-0.39, 0.29) is 12.5 Å². The van der Waals surface area contributed by atoms with Gasteiger partial charge in [-0.2, -0.15) is 0 Å². The number of hydrogen-bond acceptors (Lipinski definition) is 3. The normalized spacial score (nSPS) is 16.5. The molecular weight excluding hydrogens is 149 g/mol. The maximum absolute atomic E-state index is 12.5. The van der Waals surface area contributed by atoms with Gasteiger partial charge in [-0.15, -0.1) is 0 Å². The molecule has 0 spiro atoms. The zero-order chi connectivity index (χ0) is 9.02. The van der Waals surface area contributed by atoms with Crippen molar-refractivity contribution in [3.63, 3.8) is 0 Å². The first-order chi connectivity index (χ1) is 5.00. The summed E-state index contributed by atoms with van der Waals surface area (Å²) in [4.78, 5) is 10.9. The number of aliphatic hydroxyl groups excluding tert-OH is 1. The fourth-order valence-corrected chi connectivity index (χ4v) is 0.649. The quantitative estimate of drug-likeness (QED) is 0.606. The van der Waals surface area contributed by atoms with Gasteiger partial charge in [0.2, 0.25) is 0 Å². The fourth-order valence-electron chi connectivity index (χ4n) is 0.649. The molecular formula is C7H14FNO2. The lowest BCUT2D eigenvalue weighted by molar-refractivity contribution is -0.133. The Bertz CT molecular complexity index is 138. The molecule has 11 heavy (non-hydrogen) atoms. The summed E-state index contributed by atoms with van der Waals surface area (Å²) in [5.74, 6) is -0.849. The van der Waals surface area contributed by atoms with Crippen molar-refractivity contribution < 1.29 is 14.3 Å². The van der Waals surface area contributed by atoms with Crippen molar-refractivity contribution in [3.05, 3.63) is 0 Å². The van der Waals surface area contributed by atoms with Crippen molar-refractivity contribution in [3.8, 4) is 0 Å². The van der Waals surface area contributed by atoms with Gasteiger partial charge >= 0.3 is 0 Å². The average Bonchev–Trinajstić information content (AvgIpc) is 2.00. The Morgan fingerprint density at radius 1 is 1.64 bits per heavy atom. The number of ketones is 1. The molecule has 0 aliphatic carbocycles. The average molecular weight is 163 g/mol. The van der Waals surface area contributed by atoms with Crippen molar-refractivity contribution in [1.29, 1.82) is 0 Å². The summed E-state index contributed by atoms with van der Waals surface area (Å²) >= 11 is 0. The molecule has 0 amide bonds. The van der Waals surface area contributed by atoms with Crippen LogP contribution in [0.15, 0.2) is 0 Å². The molecule has 3 nitrogen and oxygen atoms in total. The molecule has 0 aromatic rings. The number of carbonyl (C=O) groups is 1. The van der Waals surface area contributed by atoms with E-state index in [1.54, 1.807) is 13.8 Å². The topological polar surface area (TPSA) is 63.3 Å². The molecule has 0 bridgehead atoms. The molecule has 0 aromatic carbocycles. The fraction of sp³-hybridized carbons (Fsp3) is 0.857. The highest BCUT2D eigenvalue weighted by molar-refractivity contribution is 5.85. The maximum Gasteiger partial charge on any atom is 0.166 e. The minimum Gasteiger partial charge on any atom is -0.382 e. The number of alkyl halides is 1. The monoisotopic (exact) mass is 163 g/mol. The van der Waals surface area contributed by atoms with Crippen LogP contribution in [0.5, 0.6) is 0 Å². The van der Waals surface area contributed by atoms with Gasteiger partial charge in [0.15, 0.2) is 5.78 Å². The zero-order valence-electron chi connectivity index (χ0n) is 6.75. The second-order valence-corrected chi connectivity index (χ2v) is 2.75. The Kier molecular flexibility index (Phi) is 4.22. The van der Waals surface area contributed by atoms with Crippen LogP contribution >= 0.6 is 0 Å². The third kappa shape index (κ3) is 2.95. The van der Waals surface area contributed by atoms with E-state index in [2.05, 4.69) is 0 Å². The van der Waals surface area contributed by atoms with Crippen LogP contribution in [-0.2, 0) is 4.79 Å². The van der Waals surface area contributed by atoms with Crippen molar-refractivity contribution in [1.82, 2.24) is 0 Å². The molecule has 3 N–H and O–H groups in total. The van der Waals surface area contributed by atoms with E-state index in [4.69, 9.17) is 10.8 Å². The zero-order valence-corrected chi connectivity index (χ0v) is 6.75. The summed E-state index contributed by atoms with van der Waals surface area (Å²) in [6, 6.07) is 0. The van der Waals surface area contributed by atoms with E-state index in [9.17, 15) is 9.18 Å². The van der Waals surface area contributed by atoms with Gasteiger partial charge < -0.3 is 10.8 Å². The van der Waals surface area contributed by atoms with Crippen LogP contribution in [-0.4, -0.2) is 29.7 Å². The van der Waals surface area contributed by atoms with Crippen molar-refractivity contribution in [2.45, 2.75) is 26.1 Å². The van der Waals surface area contributed by atoms with Gasteiger partial charge in [0.1, 0.15) is 12.3 Å². The molecule has 0 aromatic heterocycles. The number of halogens is 1. The van der Waals surface area contributed by atoms with Crippen molar-refractivity contribution in [2.24, 2.45) is 11.7 Å². The minimum atomic E-state index is -1.63. The van der Waals surface area contributed by atoms with Crippen LogP contribution in [0.2, 0.25) is 0 Å². The van der Waals surface area contributed by atoms with Gasteiger partial charge in [-0.05, 0) is 0 Å². The molecule has 4 heteroatoms. The van der Waals surface area contributed by atoms with E-state index < -0.39 is 18.1 Å². The van der Waals surface area contributed by atoms with Gasteiger partial charge in [-0.25, -0.2) is 4.39 Å². The van der Waals surface area contributed by atoms with Crippen LogP contribution < -0.4 is 5.73 Å². The summed E-state index contributed by atoms with van der Waals surface area (Å²) in [5.41, 5.74) is 4.92. The van der Waals surface area contributed by atoms with Gasteiger partial charge in [0.25, 0.3) is 0 Å². The van der Waals surface area contributed by atoms with Gasteiger partial charge in [0, 0.05) is 12.5 Å². The molecule has 66 valence electrons. The number of nitrogens with two attached hydrogens (primary N) is 1. The van der Waals surface area contributed by atoms with E-state index in [1.807, 2.05) is 0 Å². The molecule has 0 saturated carbocycles. The molecule has 0 saturated heterocycles. The summed E-state index contributed by atoms with van der Waals surface area (Å²) < 4.78 is 12.5. The molecule has 2 atom stereocenters. The molecule has 0 rings (SSSR count).